The van der Waals surface area contributed by atoms with Crippen molar-refractivity contribution in [2.45, 2.75) is 32.6 Å². The third kappa shape index (κ3) is 3.41. The summed E-state index contributed by atoms with van der Waals surface area (Å²) in [4.78, 5) is 14.3. The molecule has 1 aliphatic heterocycles. The minimum Gasteiger partial charge on any atom is -0.508 e. The molecule has 1 heterocycles. The van der Waals surface area contributed by atoms with E-state index in [2.05, 4.69) is 6.92 Å². The van der Waals surface area contributed by atoms with Gasteiger partial charge in [-0.15, -0.1) is 0 Å². The molecule has 0 aliphatic carbocycles. The van der Waals surface area contributed by atoms with Crippen LogP contribution in [0.1, 0.15) is 43.0 Å². The highest BCUT2D eigenvalue weighted by Crippen LogP contribution is 2.25. The van der Waals surface area contributed by atoms with E-state index in [1.807, 2.05) is 4.90 Å². The van der Waals surface area contributed by atoms with E-state index in [-0.39, 0.29) is 11.7 Å². The maximum Gasteiger partial charge on any atom is 0.255 e. The summed E-state index contributed by atoms with van der Waals surface area (Å²) in [5.41, 5.74) is 0.400. The average molecular weight is 282 g/mol. The summed E-state index contributed by atoms with van der Waals surface area (Å²) in [5, 5.41) is 9.89. The number of nitrogens with zero attached hydrogens (tertiary/aromatic N) is 1. The summed E-state index contributed by atoms with van der Waals surface area (Å²) in [6.45, 7) is 3.76. The molecule has 1 aromatic rings. The number of aromatic hydroxyl groups is 1. The lowest BCUT2D eigenvalue weighted by atomic mass is 9.98. The first kappa shape index (κ1) is 14.2. The Labute approximate surface area is 119 Å². The standard InChI is InChI=1S/C15H20ClNO2/c1-2-11-4-3-8-17(9-7-11)15(19)13-10-12(18)5-6-14(13)16/h5-6,10-11,18H,2-4,7-9H2,1H3. The molecule has 0 saturated carbocycles. The molecule has 0 radical (unpaired) electrons. The van der Waals surface area contributed by atoms with Crippen molar-refractivity contribution in [2.75, 3.05) is 13.1 Å². The maximum atomic E-state index is 12.5. The van der Waals surface area contributed by atoms with Crippen molar-refractivity contribution in [3.8, 4) is 5.75 Å². The molecular weight excluding hydrogens is 262 g/mol. The molecule has 1 fully saturated rings. The molecule has 1 aliphatic rings. The molecular formula is C15H20ClNO2. The van der Waals surface area contributed by atoms with Crippen LogP contribution in [0.4, 0.5) is 0 Å². The monoisotopic (exact) mass is 281 g/mol. The van der Waals surface area contributed by atoms with Gasteiger partial charge in [0.15, 0.2) is 0 Å². The van der Waals surface area contributed by atoms with Crippen molar-refractivity contribution >= 4 is 17.5 Å². The smallest absolute Gasteiger partial charge is 0.255 e. The zero-order chi connectivity index (χ0) is 13.8. The zero-order valence-electron chi connectivity index (χ0n) is 11.2. The lowest BCUT2D eigenvalue weighted by Gasteiger charge is -2.21. The topological polar surface area (TPSA) is 40.5 Å². The quantitative estimate of drug-likeness (QED) is 0.898. The Morgan fingerprint density at radius 3 is 2.95 bits per heavy atom. The maximum absolute atomic E-state index is 12.5. The van der Waals surface area contributed by atoms with Gasteiger partial charge in [0, 0.05) is 13.1 Å². The highest BCUT2D eigenvalue weighted by molar-refractivity contribution is 6.33. The first-order valence-electron chi connectivity index (χ1n) is 6.89. The van der Waals surface area contributed by atoms with Crippen molar-refractivity contribution in [1.29, 1.82) is 0 Å². The minimum absolute atomic E-state index is 0.0716. The van der Waals surface area contributed by atoms with Gasteiger partial charge in [0.1, 0.15) is 5.75 Å². The van der Waals surface area contributed by atoms with E-state index in [0.717, 1.165) is 31.8 Å². The normalized spacial score (nSPS) is 20.1. The van der Waals surface area contributed by atoms with Gasteiger partial charge < -0.3 is 10.0 Å². The van der Waals surface area contributed by atoms with Crippen molar-refractivity contribution < 1.29 is 9.90 Å². The largest absolute Gasteiger partial charge is 0.508 e. The predicted octanol–water partition coefficient (Wildman–Crippen LogP) is 3.70. The molecule has 0 spiro atoms. The van der Waals surface area contributed by atoms with E-state index < -0.39 is 0 Å². The molecule has 1 saturated heterocycles. The second kappa shape index (κ2) is 6.29. The fraction of sp³-hybridized carbons (Fsp3) is 0.533. The molecule has 1 aromatic carbocycles. The summed E-state index contributed by atoms with van der Waals surface area (Å²) in [5.74, 6) is 0.726. The van der Waals surface area contributed by atoms with E-state index in [9.17, 15) is 9.90 Å². The summed E-state index contributed by atoms with van der Waals surface area (Å²) >= 11 is 6.05. The number of likely N-dealkylation sites (tertiary alicyclic amines) is 1. The van der Waals surface area contributed by atoms with E-state index in [4.69, 9.17) is 11.6 Å². The second-order valence-electron chi connectivity index (χ2n) is 5.16. The van der Waals surface area contributed by atoms with Crippen molar-refractivity contribution in [3.05, 3.63) is 28.8 Å². The number of halogens is 1. The lowest BCUT2D eigenvalue weighted by molar-refractivity contribution is 0.0759. The Balaban J connectivity index is 2.13. The van der Waals surface area contributed by atoms with Crippen LogP contribution in [0.25, 0.3) is 0 Å². The van der Waals surface area contributed by atoms with Crippen molar-refractivity contribution in [2.24, 2.45) is 5.92 Å². The van der Waals surface area contributed by atoms with Crippen molar-refractivity contribution in [3.63, 3.8) is 0 Å². The third-order valence-corrected chi connectivity index (χ3v) is 4.22. The van der Waals surface area contributed by atoms with Gasteiger partial charge in [-0.3, -0.25) is 4.79 Å². The molecule has 19 heavy (non-hydrogen) atoms. The van der Waals surface area contributed by atoms with E-state index in [1.165, 1.54) is 25.0 Å². The zero-order valence-corrected chi connectivity index (χ0v) is 12.0. The van der Waals surface area contributed by atoms with Gasteiger partial charge in [0.25, 0.3) is 5.91 Å². The molecule has 3 nitrogen and oxygen atoms in total. The van der Waals surface area contributed by atoms with Crippen LogP contribution in [0.2, 0.25) is 5.02 Å². The lowest BCUT2D eigenvalue weighted by Crippen LogP contribution is -2.32. The van der Waals surface area contributed by atoms with Crippen LogP contribution in [0.15, 0.2) is 18.2 Å². The van der Waals surface area contributed by atoms with Crippen LogP contribution in [-0.4, -0.2) is 29.0 Å². The molecule has 0 aromatic heterocycles. The van der Waals surface area contributed by atoms with Gasteiger partial charge in [-0.05, 0) is 43.4 Å². The SMILES string of the molecule is CCC1CCCN(C(=O)c2cc(O)ccc2Cl)CC1. The number of carbonyl (C=O) groups excluding carboxylic acids is 1. The van der Waals surface area contributed by atoms with E-state index in [0.29, 0.717) is 10.6 Å². The second-order valence-corrected chi connectivity index (χ2v) is 5.57. The van der Waals surface area contributed by atoms with Gasteiger partial charge in [0.05, 0.1) is 10.6 Å². The van der Waals surface area contributed by atoms with Crippen LogP contribution < -0.4 is 0 Å². The number of amides is 1. The van der Waals surface area contributed by atoms with Gasteiger partial charge in [0.2, 0.25) is 0 Å². The van der Waals surface area contributed by atoms with Crippen LogP contribution in [0.5, 0.6) is 5.75 Å². The summed E-state index contributed by atoms with van der Waals surface area (Å²) < 4.78 is 0. The number of carbonyl (C=O) groups is 1. The highest BCUT2D eigenvalue weighted by Gasteiger charge is 2.22. The number of phenols is 1. The molecule has 4 heteroatoms. The van der Waals surface area contributed by atoms with E-state index >= 15 is 0 Å². The molecule has 0 bridgehead atoms. The Kier molecular flexibility index (Phi) is 4.70. The van der Waals surface area contributed by atoms with Crippen LogP contribution in [0, 0.1) is 5.92 Å². The third-order valence-electron chi connectivity index (χ3n) is 3.89. The Bertz CT molecular complexity index is 461. The molecule has 1 atom stereocenters. The predicted molar refractivity (Wildman–Crippen MR) is 76.7 cm³/mol. The Morgan fingerprint density at radius 1 is 1.42 bits per heavy atom. The number of benzene rings is 1. The van der Waals surface area contributed by atoms with Crippen LogP contribution >= 0.6 is 11.6 Å². The molecule has 104 valence electrons. The van der Waals surface area contributed by atoms with Gasteiger partial charge in [-0.25, -0.2) is 0 Å². The van der Waals surface area contributed by atoms with Gasteiger partial charge >= 0.3 is 0 Å². The van der Waals surface area contributed by atoms with E-state index in [1.54, 1.807) is 6.07 Å². The number of hydrogen-bond acceptors (Lipinski definition) is 2. The molecule has 2 rings (SSSR count). The highest BCUT2D eigenvalue weighted by atomic mass is 35.5. The Hall–Kier alpha value is -1.22. The Morgan fingerprint density at radius 2 is 2.21 bits per heavy atom. The molecule has 1 amide bonds. The van der Waals surface area contributed by atoms with Gasteiger partial charge in [-0.1, -0.05) is 24.9 Å². The fourth-order valence-electron chi connectivity index (χ4n) is 2.62. The number of phenolic OH excluding ortho intramolecular Hbond substituents is 1. The van der Waals surface area contributed by atoms with Crippen LogP contribution in [0.3, 0.4) is 0 Å². The fourth-order valence-corrected chi connectivity index (χ4v) is 2.82. The van der Waals surface area contributed by atoms with Gasteiger partial charge in [-0.2, -0.15) is 0 Å². The molecule has 1 unspecified atom stereocenters. The van der Waals surface area contributed by atoms with Crippen LogP contribution in [-0.2, 0) is 0 Å². The number of hydrogen-bond donors (Lipinski definition) is 1. The summed E-state index contributed by atoms with van der Waals surface area (Å²) in [6, 6.07) is 4.51. The summed E-state index contributed by atoms with van der Waals surface area (Å²) in [7, 11) is 0. The first-order chi connectivity index (χ1) is 9.11. The molecule has 1 N–H and O–H groups in total. The summed E-state index contributed by atoms with van der Waals surface area (Å²) in [6.07, 6.45) is 4.46. The number of rotatable bonds is 2. The minimum atomic E-state index is -0.0716. The first-order valence-corrected chi connectivity index (χ1v) is 7.27. The average Bonchev–Trinajstić information content (AvgIpc) is 2.66. The van der Waals surface area contributed by atoms with Crippen molar-refractivity contribution in [1.82, 2.24) is 4.90 Å².